The Labute approximate surface area is 204 Å². The third kappa shape index (κ3) is 4.50. The summed E-state index contributed by atoms with van der Waals surface area (Å²) in [6.07, 6.45) is 4.43. The van der Waals surface area contributed by atoms with E-state index in [4.69, 9.17) is 0 Å². The van der Waals surface area contributed by atoms with Crippen LogP contribution in [-0.2, 0) is 14.8 Å². The summed E-state index contributed by atoms with van der Waals surface area (Å²) in [4.78, 5) is 26.6. The van der Waals surface area contributed by atoms with Crippen molar-refractivity contribution in [2.45, 2.75) is 24.2 Å². The molecule has 1 amide bonds. The van der Waals surface area contributed by atoms with Crippen molar-refractivity contribution in [2.75, 3.05) is 18.4 Å². The number of carbonyl (C=O) groups excluding carboxylic acids is 2. The van der Waals surface area contributed by atoms with Crippen LogP contribution in [0.2, 0.25) is 0 Å². The minimum Gasteiger partial charge on any atom is -0.319 e. The third-order valence-electron chi connectivity index (χ3n) is 6.23. The predicted molar refractivity (Wildman–Crippen MR) is 135 cm³/mol. The number of fused-ring (bicyclic) bond motifs is 1. The second-order valence-corrected chi connectivity index (χ2v) is 10.5. The number of sulfonamides is 1. The van der Waals surface area contributed by atoms with Gasteiger partial charge in [0.2, 0.25) is 10.0 Å². The van der Waals surface area contributed by atoms with Crippen LogP contribution in [0.4, 0.5) is 5.69 Å². The van der Waals surface area contributed by atoms with Crippen molar-refractivity contribution in [3.63, 3.8) is 0 Å². The first-order valence-electron chi connectivity index (χ1n) is 11.6. The summed E-state index contributed by atoms with van der Waals surface area (Å²) in [7, 11) is -3.66. The monoisotopic (exact) mass is 487 g/mol. The Morgan fingerprint density at radius 1 is 0.800 bits per heavy atom. The lowest BCUT2D eigenvalue weighted by Crippen LogP contribution is -2.35. The summed E-state index contributed by atoms with van der Waals surface area (Å²) >= 11 is 0. The van der Waals surface area contributed by atoms with Crippen LogP contribution < -0.4 is 5.32 Å². The van der Waals surface area contributed by atoms with Gasteiger partial charge < -0.3 is 9.72 Å². The average molecular weight is 488 g/mol. The highest BCUT2D eigenvalue weighted by Gasteiger charge is 2.28. The third-order valence-corrected chi connectivity index (χ3v) is 8.13. The highest BCUT2D eigenvalue weighted by molar-refractivity contribution is 7.89. The van der Waals surface area contributed by atoms with Gasteiger partial charge in [0.1, 0.15) is 5.69 Å². The van der Waals surface area contributed by atoms with E-state index in [-0.39, 0.29) is 16.3 Å². The molecule has 178 valence electrons. The van der Waals surface area contributed by atoms with Gasteiger partial charge in [-0.05, 0) is 54.8 Å². The summed E-state index contributed by atoms with van der Waals surface area (Å²) in [6.45, 7) is 0.974. The zero-order valence-electron chi connectivity index (χ0n) is 19.1. The Hall–Kier alpha value is -3.75. The van der Waals surface area contributed by atoms with E-state index in [0.717, 1.165) is 30.3 Å². The fraction of sp³-hybridized carbons (Fsp3) is 0.185. The lowest BCUT2D eigenvalue weighted by atomic mass is 10.0. The molecule has 0 unspecified atom stereocenters. The van der Waals surface area contributed by atoms with Gasteiger partial charge in [-0.25, -0.2) is 8.42 Å². The van der Waals surface area contributed by atoms with E-state index >= 15 is 0 Å². The second kappa shape index (κ2) is 9.48. The SMILES string of the molecule is O=C(Nc1cccc(S(=O)(=O)N2CCCCC2)c1)C(=O)c1c(-c2ccccc2)cc2ccccn12. The number of carbonyl (C=O) groups is 2. The van der Waals surface area contributed by atoms with E-state index < -0.39 is 21.7 Å². The number of pyridine rings is 1. The van der Waals surface area contributed by atoms with Crippen molar-refractivity contribution in [1.82, 2.24) is 8.71 Å². The molecule has 8 heteroatoms. The Bertz CT molecular complexity index is 1500. The van der Waals surface area contributed by atoms with E-state index in [1.54, 1.807) is 28.8 Å². The molecule has 2 aromatic carbocycles. The van der Waals surface area contributed by atoms with E-state index in [9.17, 15) is 18.0 Å². The predicted octanol–water partition coefficient (Wildman–Crippen LogP) is 4.60. The molecule has 5 rings (SSSR count). The van der Waals surface area contributed by atoms with Crippen LogP contribution in [0.3, 0.4) is 0 Å². The number of Topliss-reactive ketones (excluding diaryl/α,β-unsaturated/α-hetero) is 1. The molecular formula is C27H25N3O4S. The van der Waals surface area contributed by atoms with E-state index in [1.807, 2.05) is 48.5 Å². The van der Waals surface area contributed by atoms with Gasteiger partial charge in [-0.2, -0.15) is 4.31 Å². The van der Waals surface area contributed by atoms with Crippen LogP contribution in [0.15, 0.2) is 90.0 Å². The molecule has 1 aliphatic rings. The van der Waals surface area contributed by atoms with Crippen molar-refractivity contribution in [1.29, 1.82) is 0 Å². The van der Waals surface area contributed by atoms with Crippen molar-refractivity contribution < 1.29 is 18.0 Å². The largest absolute Gasteiger partial charge is 0.319 e. The van der Waals surface area contributed by atoms with Crippen molar-refractivity contribution in [3.05, 3.63) is 90.8 Å². The smallest absolute Gasteiger partial charge is 0.298 e. The van der Waals surface area contributed by atoms with Gasteiger partial charge in [0.25, 0.3) is 11.7 Å². The van der Waals surface area contributed by atoms with Crippen LogP contribution >= 0.6 is 0 Å². The maximum absolute atomic E-state index is 13.4. The number of rotatable bonds is 6. The normalized spacial score (nSPS) is 14.6. The fourth-order valence-electron chi connectivity index (χ4n) is 4.48. The summed E-state index contributed by atoms with van der Waals surface area (Å²) in [6, 6.07) is 22.9. The number of nitrogens with zero attached hydrogens (tertiary/aromatic N) is 2. The molecule has 1 N–H and O–H groups in total. The fourth-order valence-corrected chi connectivity index (χ4v) is 6.04. The average Bonchev–Trinajstić information content (AvgIpc) is 3.29. The van der Waals surface area contributed by atoms with E-state index in [2.05, 4.69) is 5.32 Å². The molecule has 3 heterocycles. The van der Waals surface area contributed by atoms with Crippen LogP contribution in [0, 0.1) is 0 Å². The first-order chi connectivity index (χ1) is 16.9. The zero-order chi connectivity index (χ0) is 24.4. The van der Waals surface area contributed by atoms with Gasteiger partial charge in [0.05, 0.1) is 4.90 Å². The van der Waals surface area contributed by atoms with E-state index in [0.29, 0.717) is 18.7 Å². The number of hydrogen-bond donors (Lipinski definition) is 1. The highest BCUT2D eigenvalue weighted by Crippen LogP contribution is 2.29. The topological polar surface area (TPSA) is 88.0 Å². The van der Waals surface area contributed by atoms with Gasteiger partial charge in [-0.3, -0.25) is 9.59 Å². The Balaban J connectivity index is 1.45. The molecule has 1 saturated heterocycles. The maximum atomic E-state index is 13.4. The Morgan fingerprint density at radius 2 is 1.54 bits per heavy atom. The molecule has 4 aromatic rings. The number of aromatic nitrogens is 1. The first kappa shape index (κ1) is 23.0. The number of nitrogens with one attached hydrogen (secondary N) is 1. The number of hydrogen-bond acceptors (Lipinski definition) is 4. The zero-order valence-corrected chi connectivity index (χ0v) is 19.9. The number of amides is 1. The van der Waals surface area contributed by atoms with Gasteiger partial charge in [-0.15, -0.1) is 0 Å². The molecular weight excluding hydrogens is 462 g/mol. The number of benzene rings is 2. The molecule has 0 aliphatic carbocycles. The second-order valence-electron chi connectivity index (χ2n) is 8.54. The van der Waals surface area contributed by atoms with Gasteiger partial charge in [0.15, 0.2) is 0 Å². The van der Waals surface area contributed by atoms with Gasteiger partial charge >= 0.3 is 0 Å². The van der Waals surface area contributed by atoms with Crippen LogP contribution in [0.25, 0.3) is 16.6 Å². The summed E-state index contributed by atoms with van der Waals surface area (Å²) in [5.41, 5.74) is 2.77. The minimum absolute atomic E-state index is 0.0998. The number of piperidine rings is 1. The lowest BCUT2D eigenvalue weighted by Gasteiger charge is -2.26. The van der Waals surface area contributed by atoms with E-state index in [1.165, 1.54) is 16.4 Å². The van der Waals surface area contributed by atoms with Crippen molar-refractivity contribution in [3.8, 4) is 11.1 Å². The molecule has 1 fully saturated rings. The van der Waals surface area contributed by atoms with Gasteiger partial charge in [-0.1, -0.05) is 48.9 Å². The first-order valence-corrected chi connectivity index (χ1v) is 13.0. The molecule has 7 nitrogen and oxygen atoms in total. The maximum Gasteiger partial charge on any atom is 0.298 e. The molecule has 0 bridgehead atoms. The highest BCUT2D eigenvalue weighted by atomic mass is 32.2. The summed E-state index contributed by atoms with van der Waals surface area (Å²) in [5.74, 6) is -1.54. The van der Waals surface area contributed by atoms with Gasteiger partial charge in [0, 0.05) is 36.1 Å². The van der Waals surface area contributed by atoms with Crippen LogP contribution in [0.1, 0.15) is 29.8 Å². The molecule has 35 heavy (non-hydrogen) atoms. The number of anilines is 1. The standard InChI is InChI=1S/C27H25N3O4S/c31-26(25-24(20-10-3-1-4-11-20)19-22-13-5-8-17-30(22)25)27(32)28-21-12-9-14-23(18-21)35(33,34)29-15-6-2-7-16-29/h1,3-5,8-14,17-19H,2,6-7,15-16H2,(H,28,32). The van der Waals surface area contributed by atoms with Crippen molar-refractivity contribution in [2.24, 2.45) is 0 Å². The Morgan fingerprint density at radius 3 is 2.31 bits per heavy atom. The molecule has 2 aromatic heterocycles. The number of ketones is 1. The summed E-state index contributed by atoms with van der Waals surface area (Å²) in [5, 5.41) is 2.60. The molecule has 0 radical (unpaired) electrons. The minimum atomic E-state index is -3.66. The molecule has 1 aliphatic heterocycles. The van der Waals surface area contributed by atoms with Crippen LogP contribution in [0.5, 0.6) is 0 Å². The lowest BCUT2D eigenvalue weighted by molar-refractivity contribution is -0.112. The van der Waals surface area contributed by atoms with Crippen LogP contribution in [-0.4, -0.2) is 41.9 Å². The summed E-state index contributed by atoms with van der Waals surface area (Å²) < 4.78 is 29.2. The Kier molecular flexibility index (Phi) is 6.23. The molecule has 0 atom stereocenters. The molecule has 0 saturated carbocycles. The quantitative estimate of drug-likeness (QED) is 0.318. The van der Waals surface area contributed by atoms with Crippen molar-refractivity contribution >= 4 is 32.9 Å². The molecule has 0 spiro atoms.